The number of ether oxygens (including phenoxy) is 1. The van der Waals surface area contributed by atoms with Crippen LogP contribution in [-0.2, 0) is 4.74 Å². The molecule has 1 nitrogen and oxygen atoms in total. The number of hydrogen-bond acceptors (Lipinski definition) is 1. The van der Waals surface area contributed by atoms with Crippen LogP contribution in [0.3, 0.4) is 0 Å². The fourth-order valence-electron chi connectivity index (χ4n) is 1.85. The van der Waals surface area contributed by atoms with Gasteiger partial charge in [-0.25, -0.2) is 9.13 Å². The highest BCUT2D eigenvalue weighted by atomic mass is 19.4. The largest absolute Gasteiger partial charge is 0.525 e. The molecule has 0 saturated carbocycles. The van der Waals surface area contributed by atoms with Crippen LogP contribution in [0.1, 0.15) is 0 Å². The highest BCUT2D eigenvalue weighted by molar-refractivity contribution is 5.41. The van der Waals surface area contributed by atoms with Crippen molar-refractivity contribution in [3.63, 3.8) is 0 Å². The van der Waals surface area contributed by atoms with Crippen LogP contribution in [0.5, 0.6) is 0 Å². The van der Waals surface area contributed by atoms with Gasteiger partial charge in [0.1, 0.15) is 5.57 Å². The van der Waals surface area contributed by atoms with E-state index in [1.165, 1.54) is 4.74 Å². The van der Waals surface area contributed by atoms with Crippen molar-refractivity contribution < 1.29 is 92.5 Å². The van der Waals surface area contributed by atoms with Gasteiger partial charge in [0, 0.05) is 0 Å². The van der Waals surface area contributed by atoms with Crippen molar-refractivity contribution in [2.45, 2.75) is 48.8 Å². The molecule has 0 rings (SSSR count). The first-order chi connectivity index (χ1) is 12.9. The van der Waals surface area contributed by atoms with E-state index in [-0.39, 0.29) is 0 Å². The smallest absolute Gasteiger partial charge is 0.241 e. The lowest BCUT2D eigenvalue weighted by Gasteiger charge is -2.41. The van der Waals surface area contributed by atoms with Crippen molar-refractivity contribution in [3.8, 4) is 0 Å². The molecule has 0 bridgehead atoms. The monoisotopic (exact) mass is 516 g/mol. The van der Waals surface area contributed by atoms with E-state index in [0.717, 1.165) is 0 Å². The van der Waals surface area contributed by atoms with Gasteiger partial charge in [-0.1, -0.05) is 0 Å². The molecular formula is C10F20O. The second-order valence-electron chi connectivity index (χ2n) is 5.04. The van der Waals surface area contributed by atoms with E-state index < -0.39 is 59.9 Å². The number of alkyl halides is 20. The van der Waals surface area contributed by atoms with Crippen LogP contribution in [0.2, 0.25) is 0 Å². The van der Waals surface area contributed by atoms with Crippen molar-refractivity contribution >= 4 is 0 Å². The minimum absolute atomic E-state index is 1.17. The molecule has 0 saturated heterocycles. The summed E-state index contributed by atoms with van der Waals surface area (Å²) in [6.07, 6.45) is -48.3. The number of halogens is 20. The van der Waals surface area contributed by atoms with Crippen LogP contribution in [0.25, 0.3) is 0 Å². The van der Waals surface area contributed by atoms with Gasteiger partial charge in [0.15, 0.2) is 0 Å². The Labute approximate surface area is 154 Å². The third kappa shape index (κ3) is 5.57. The molecular weight excluding hydrogens is 516 g/mol. The Morgan fingerprint density at radius 1 is 0.387 bits per heavy atom. The minimum atomic E-state index is -8.64. The van der Waals surface area contributed by atoms with Gasteiger partial charge < -0.3 is 0 Å². The zero-order valence-corrected chi connectivity index (χ0v) is 13.0. The number of allylic oxidation sites excluding steroid dienone is 1. The van der Waals surface area contributed by atoms with Crippen LogP contribution >= 0.6 is 0 Å². The van der Waals surface area contributed by atoms with Gasteiger partial charge in [0.25, 0.3) is 0 Å². The SMILES string of the molecule is FC(F)(F)OC(F)(C(=C(C(F)(F)F)C(F)(F)F)C(F)(C(F)(F)F)C(F)(F)F)C(F)(F)F. The van der Waals surface area contributed by atoms with Crippen molar-refractivity contribution in [2.75, 3.05) is 0 Å². The highest BCUT2D eigenvalue weighted by Gasteiger charge is 2.85. The van der Waals surface area contributed by atoms with Crippen LogP contribution in [0.4, 0.5) is 87.8 Å². The lowest BCUT2D eigenvalue weighted by Crippen LogP contribution is -2.64. The molecule has 31 heavy (non-hydrogen) atoms. The highest BCUT2D eigenvalue weighted by Crippen LogP contribution is 2.62. The average molecular weight is 516 g/mol. The fraction of sp³-hybridized carbons (Fsp3) is 0.800. The molecule has 1 unspecified atom stereocenters. The molecule has 186 valence electrons. The lowest BCUT2D eigenvalue weighted by molar-refractivity contribution is -0.447. The molecule has 0 aliphatic rings. The van der Waals surface area contributed by atoms with Crippen molar-refractivity contribution in [2.24, 2.45) is 0 Å². The quantitative estimate of drug-likeness (QED) is 0.290. The third-order valence-corrected chi connectivity index (χ3v) is 2.89. The maximum Gasteiger partial charge on any atom is 0.525 e. The molecule has 1 atom stereocenters. The first-order valence-electron chi connectivity index (χ1n) is 6.19. The maximum absolute atomic E-state index is 14.0. The second-order valence-corrected chi connectivity index (χ2v) is 5.04. The summed E-state index contributed by atoms with van der Waals surface area (Å²) in [6.45, 7) is 0. The number of rotatable bonds is 3. The van der Waals surface area contributed by atoms with Gasteiger partial charge in [0.2, 0.25) is 0 Å². The normalized spacial score (nSPS) is 17.4. The zero-order chi connectivity index (χ0) is 25.9. The topological polar surface area (TPSA) is 9.23 Å². The molecule has 0 aliphatic heterocycles. The molecule has 0 spiro atoms. The molecule has 0 amide bonds. The lowest BCUT2D eigenvalue weighted by atomic mass is 9.83. The predicted octanol–water partition coefficient (Wildman–Crippen LogP) is 7.01. The van der Waals surface area contributed by atoms with Crippen LogP contribution in [0.15, 0.2) is 11.1 Å². The summed E-state index contributed by atoms with van der Waals surface area (Å²) in [6, 6.07) is 0. The molecule has 21 heteroatoms. The molecule has 0 N–H and O–H groups in total. The van der Waals surface area contributed by atoms with Crippen LogP contribution < -0.4 is 0 Å². The van der Waals surface area contributed by atoms with Crippen LogP contribution in [0, 0.1) is 0 Å². The van der Waals surface area contributed by atoms with Crippen molar-refractivity contribution in [3.05, 3.63) is 11.1 Å². The molecule has 0 heterocycles. The standard InChI is InChI=1S/C10F20O/c11-3(7(19,20)21,8(22,23)24)1(2(5(13,14)15)6(16,17)18)4(12,9(25,26)27)31-10(28,29)30. The third-order valence-electron chi connectivity index (χ3n) is 2.89. The summed E-state index contributed by atoms with van der Waals surface area (Å²) < 4.78 is 254. The van der Waals surface area contributed by atoms with Gasteiger partial charge in [0.05, 0.1) is 5.57 Å². The average Bonchev–Trinajstić information content (AvgIpc) is 2.34. The first-order valence-corrected chi connectivity index (χ1v) is 6.19. The van der Waals surface area contributed by atoms with E-state index >= 15 is 0 Å². The Hall–Kier alpha value is -1.70. The van der Waals surface area contributed by atoms with Crippen molar-refractivity contribution in [1.82, 2.24) is 0 Å². The fourth-order valence-corrected chi connectivity index (χ4v) is 1.85. The van der Waals surface area contributed by atoms with Crippen LogP contribution in [-0.4, -0.2) is 48.8 Å². The Bertz CT molecular complexity index is 646. The van der Waals surface area contributed by atoms with E-state index in [1.807, 2.05) is 0 Å². The molecule has 0 aromatic rings. The zero-order valence-electron chi connectivity index (χ0n) is 13.0. The molecule has 0 aromatic carbocycles. The molecule has 0 aliphatic carbocycles. The number of hydrogen-bond donors (Lipinski definition) is 0. The Morgan fingerprint density at radius 2 is 0.677 bits per heavy atom. The van der Waals surface area contributed by atoms with Gasteiger partial charge in [-0.15, -0.1) is 13.2 Å². The van der Waals surface area contributed by atoms with E-state index in [0.29, 0.717) is 0 Å². The summed E-state index contributed by atoms with van der Waals surface area (Å²) in [5.74, 6) is -8.33. The van der Waals surface area contributed by atoms with Crippen molar-refractivity contribution in [1.29, 1.82) is 0 Å². The summed E-state index contributed by atoms with van der Waals surface area (Å²) in [5.41, 5.74) is -20.7. The Balaban J connectivity index is 8.32. The predicted molar refractivity (Wildman–Crippen MR) is 52.1 cm³/mol. The summed E-state index contributed by atoms with van der Waals surface area (Å²) in [4.78, 5) is 0. The first kappa shape index (κ1) is 29.3. The summed E-state index contributed by atoms with van der Waals surface area (Å²) >= 11 is 0. The van der Waals surface area contributed by atoms with Gasteiger partial charge in [-0.05, 0) is 0 Å². The van der Waals surface area contributed by atoms with E-state index in [2.05, 4.69) is 0 Å². The molecule has 0 fully saturated rings. The van der Waals surface area contributed by atoms with E-state index in [1.54, 1.807) is 0 Å². The minimum Gasteiger partial charge on any atom is -0.241 e. The van der Waals surface area contributed by atoms with Gasteiger partial charge in [-0.3, -0.25) is 0 Å². The second kappa shape index (κ2) is 7.42. The summed E-state index contributed by atoms with van der Waals surface area (Å²) in [7, 11) is 0. The van der Waals surface area contributed by atoms with E-state index in [4.69, 9.17) is 0 Å². The Kier molecular flexibility index (Phi) is 7.02. The maximum atomic E-state index is 14.0. The van der Waals surface area contributed by atoms with Gasteiger partial charge in [-0.2, -0.15) is 70.2 Å². The molecule has 0 radical (unpaired) electrons. The Morgan fingerprint density at radius 3 is 0.839 bits per heavy atom. The van der Waals surface area contributed by atoms with Gasteiger partial charge >= 0.3 is 48.8 Å². The van der Waals surface area contributed by atoms with E-state index in [9.17, 15) is 87.8 Å². The molecule has 0 aromatic heterocycles. The summed E-state index contributed by atoms with van der Waals surface area (Å²) in [5, 5.41) is 0.